The third kappa shape index (κ3) is 2.93. The van der Waals surface area contributed by atoms with Gasteiger partial charge < -0.3 is 11.1 Å². The van der Waals surface area contributed by atoms with Crippen LogP contribution in [0.2, 0.25) is 0 Å². The fourth-order valence-corrected chi connectivity index (χ4v) is 2.06. The molecule has 3 N–H and O–H groups in total. The first-order valence-electron chi connectivity index (χ1n) is 5.56. The third-order valence-electron chi connectivity index (χ3n) is 2.90. The molecule has 0 saturated heterocycles. The number of carbonyl (C=O) groups excluding carboxylic acids is 1. The van der Waals surface area contributed by atoms with Crippen LogP contribution in [0.1, 0.15) is 26.2 Å². The number of primary amides is 1. The van der Waals surface area contributed by atoms with E-state index in [1.165, 1.54) is 12.8 Å². The van der Waals surface area contributed by atoms with Gasteiger partial charge >= 0.3 is 0 Å². The van der Waals surface area contributed by atoms with Gasteiger partial charge in [-0.05, 0) is 17.9 Å². The number of rotatable bonds is 5. The standard InChI is InChI=1S/C12H20N2O/c1-3-5-6-9-7-14-8-11(12(13)15)10(9)4-2/h4,9,14H,2-3,5-8H2,1H3,(H2,13,15). The Morgan fingerprint density at radius 3 is 3.00 bits per heavy atom. The molecule has 0 radical (unpaired) electrons. The first-order chi connectivity index (χ1) is 7.20. The second-order valence-electron chi connectivity index (χ2n) is 3.97. The van der Waals surface area contributed by atoms with Crippen LogP contribution >= 0.6 is 0 Å². The minimum absolute atomic E-state index is 0.321. The SMILES string of the molecule is C=CC1=C(C(N)=O)CNCC1CCCC. The van der Waals surface area contributed by atoms with Gasteiger partial charge in [-0.2, -0.15) is 0 Å². The summed E-state index contributed by atoms with van der Waals surface area (Å²) >= 11 is 0. The Morgan fingerprint density at radius 1 is 1.73 bits per heavy atom. The van der Waals surface area contributed by atoms with Gasteiger partial charge in [0.25, 0.3) is 0 Å². The van der Waals surface area contributed by atoms with Gasteiger partial charge in [0.1, 0.15) is 0 Å². The molecule has 3 heteroatoms. The Kier molecular flexibility index (Phi) is 4.56. The Balaban J connectivity index is 2.83. The summed E-state index contributed by atoms with van der Waals surface area (Å²) < 4.78 is 0. The Bertz CT molecular complexity index is 281. The van der Waals surface area contributed by atoms with E-state index in [1.54, 1.807) is 6.08 Å². The second-order valence-corrected chi connectivity index (χ2v) is 3.97. The molecule has 0 aromatic rings. The van der Waals surface area contributed by atoms with E-state index < -0.39 is 0 Å². The normalized spacial score (nSPS) is 21.5. The topological polar surface area (TPSA) is 55.1 Å². The molecule has 1 rings (SSSR count). The van der Waals surface area contributed by atoms with Crippen molar-refractivity contribution in [3.63, 3.8) is 0 Å². The number of carbonyl (C=O) groups is 1. The molecule has 84 valence electrons. The zero-order chi connectivity index (χ0) is 11.3. The van der Waals surface area contributed by atoms with Crippen LogP contribution in [0.25, 0.3) is 0 Å². The maximum absolute atomic E-state index is 11.2. The predicted octanol–water partition coefficient (Wildman–Crippen LogP) is 1.36. The average molecular weight is 208 g/mol. The number of hydrogen-bond acceptors (Lipinski definition) is 2. The summed E-state index contributed by atoms with van der Waals surface area (Å²) in [5, 5.41) is 3.23. The summed E-state index contributed by atoms with van der Waals surface area (Å²) in [5.74, 6) is 0.0808. The van der Waals surface area contributed by atoms with Crippen LogP contribution in [0.15, 0.2) is 23.8 Å². The van der Waals surface area contributed by atoms with Crippen LogP contribution in [0, 0.1) is 5.92 Å². The van der Waals surface area contributed by atoms with Crippen LogP contribution in [0.3, 0.4) is 0 Å². The second kappa shape index (κ2) is 5.71. The molecule has 0 fully saturated rings. The van der Waals surface area contributed by atoms with Crippen LogP contribution in [0.4, 0.5) is 0 Å². The molecule has 15 heavy (non-hydrogen) atoms. The predicted molar refractivity (Wildman–Crippen MR) is 62.3 cm³/mol. The molecular formula is C12H20N2O. The van der Waals surface area contributed by atoms with Crippen molar-refractivity contribution in [1.82, 2.24) is 5.32 Å². The van der Waals surface area contributed by atoms with Crippen molar-refractivity contribution in [1.29, 1.82) is 0 Å². The van der Waals surface area contributed by atoms with Crippen LogP contribution in [-0.4, -0.2) is 19.0 Å². The van der Waals surface area contributed by atoms with Gasteiger partial charge in [-0.15, -0.1) is 0 Å². The smallest absolute Gasteiger partial charge is 0.246 e. The Labute approximate surface area is 91.4 Å². The highest BCUT2D eigenvalue weighted by molar-refractivity contribution is 5.94. The first-order valence-corrected chi connectivity index (χ1v) is 5.56. The summed E-state index contributed by atoms with van der Waals surface area (Å²) in [7, 11) is 0. The summed E-state index contributed by atoms with van der Waals surface area (Å²) in [4.78, 5) is 11.2. The number of hydrogen-bond donors (Lipinski definition) is 2. The van der Waals surface area contributed by atoms with Gasteiger partial charge in [0.05, 0.1) is 0 Å². The lowest BCUT2D eigenvalue weighted by Crippen LogP contribution is -2.36. The summed E-state index contributed by atoms with van der Waals surface area (Å²) in [6.45, 7) is 7.46. The Morgan fingerprint density at radius 2 is 2.47 bits per heavy atom. The van der Waals surface area contributed by atoms with Crippen LogP contribution in [0.5, 0.6) is 0 Å². The molecule has 3 nitrogen and oxygen atoms in total. The molecule has 0 aromatic carbocycles. The molecule has 1 atom stereocenters. The number of nitrogens with two attached hydrogens (primary N) is 1. The number of nitrogens with one attached hydrogen (secondary N) is 1. The van der Waals surface area contributed by atoms with E-state index in [2.05, 4.69) is 18.8 Å². The van der Waals surface area contributed by atoms with E-state index in [1.807, 2.05) is 0 Å². The molecule has 0 spiro atoms. The molecule has 1 aliphatic rings. The van der Waals surface area contributed by atoms with Crippen molar-refractivity contribution < 1.29 is 4.79 Å². The van der Waals surface area contributed by atoms with E-state index in [0.717, 1.165) is 18.5 Å². The molecule has 1 amide bonds. The minimum atomic E-state index is -0.321. The monoisotopic (exact) mass is 208 g/mol. The van der Waals surface area contributed by atoms with Crippen molar-refractivity contribution in [3.05, 3.63) is 23.8 Å². The third-order valence-corrected chi connectivity index (χ3v) is 2.90. The summed E-state index contributed by atoms with van der Waals surface area (Å²) in [6, 6.07) is 0. The quantitative estimate of drug-likeness (QED) is 0.717. The maximum atomic E-state index is 11.2. The molecule has 0 saturated carbocycles. The number of amides is 1. The van der Waals surface area contributed by atoms with Gasteiger partial charge in [0.15, 0.2) is 0 Å². The summed E-state index contributed by atoms with van der Waals surface area (Å²) in [5.41, 5.74) is 7.10. The summed E-state index contributed by atoms with van der Waals surface area (Å²) in [6.07, 6.45) is 5.24. The molecule has 1 unspecified atom stereocenters. The van der Waals surface area contributed by atoms with E-state index >= 15 is 0 Å². The van der Waals surface area contributed by atoms with Gasteiger partial charge in [-0.1, -0.05) is 32.4 Å². The van der Waals surface area contributed by atoms with Crippen molar-refractivity contribution in [2.75, 3.05) is 13.1 Å². The van der Waals surface area contributed by atoms with Gasteiger partial charge in [-0.3, -0.25) is 4.79 Å². The van der Waals surface area contributed by atoms with Crippen LogP contribution in [-0.2, 0) is 4.79 Å². The zero-order valence-electron chi connectivity index (χ0n) is 9.38. The van der Waals surface area contributed by atoms with Crippen molar-refractivity contribution in [2.45, 2.75) is 26.2 Å². The highest BCUT2D eigenvalue weighted by atomic mass is 16.1. The first kappa shape index (κ1) is 12.0. The highest BCUT2D eigenvalue weighted by Crippen LogP contribution is 2.24. The fraction of sp³-hybridized carbons (Fsp3) is 0.583. The maximum Gasteiger partial charge on any atom is 0.246 e. The number of allylic oxidation sites excluding steroid dienone is 1. The van der Waals surface area contributed by atoms with Gasteiger partial charge in [0.2, 0.25) is 5.91 Å². The molecule has 0 aromatic heterocycles. The largest absolute Gasteiger partial charge is 0.366 e. The lowest BCUT2D eigenvalue weighted by molar-refractivity contribution is -0.114. The van der Waals surface area contributed by atoms with E-state index in [4.69, 9.17) is 5.73 Å². The average Bonchev–Trinajstić information content (AvgIpc) is 2.25. The van der Waals surface area contributed by atoms with E-state index in [0.29, 0.717) is 18.0 Å². The van der Waals surface area contributed by atoms with Gasteiger partial charge in [0, 0.05) is 18.7 Å². The molecule has 1 aliphatic heterocycles. The van der Waals surface area contributed by atoms with E-state index in [9.17, 15) is 4.79 Å². The lowest BCUT2D eigenvalue weighted by atomic mass is 9.87. The molecule has 1 heterocycles. The Hall–Kier alpha value is -1.09. The van der Waals surface area contributed by atoms with Crippen LogP contribution < -0.4 is 11.1 Å². The molecular weight excluding hydrogens is 188 g/mol. The minimum Gasteiger partial charge on any atom is -0.366 e. The van der Waals surface area contributed by atoms with Crippen molar-refractivity contribution >= 4 is 5.91 Å². The fourth-order valence-electron chi connectivity index (χ4n) is 2.06. The van der Waals surface area contributed by atoms with E-state index in [-0.39, 0.29) is 5.91 Å². The van der Waals surface area contributed by atoms with Gasteiger partial charge in [-0.25, -0.2) is 0 Å². The lowest BCUT2D eigenvalue weighted by Gasteiger charge is -2.26. The molecule has 0 bridgehead atoms. The van der Waals surface area contributed by atoms with Crippen molar-refractivity contribution in [2.24, 2.45) is 11.7 Å². The highest BCUT2D eigenvalue weighted by Gasteiger charge is 2.22. The zero-order valence-corrected chi connectivity index (χ0v) is 9.38. The molecule has 0 aliphatic carbocycles. The number of unbranched alkanes of at least 4 members (excludes halogenated alkanes) is 1. The van der Waals surface area contributed by atoms with Crippen molar-refractivity contribution in [3.8, 4) is 0 Å².